The SMILES string of the molecule is C#CCC1OC1(C)C#C[Si](c1ccccc1)(c1ccccc1)C(C)(C)C. The molecular weight excluding hydrogens is 332 g/mol. The zero-order chi connectivity index (χ0) is 18.8. The second-order valence-electron chi connectivity index (χ2n) is 8.10. The molecule has 0 aliphatic carbocycles. The van der Waals surface area contributed by atoms with Gasteiger partial charge in [-0.25, -0.2) is 0 Å². The monoisotopic (exact) mass is 358 g/mol. The van der Waals surface area contributed by atoms with Crippen LogP contribution >= 0.6 is 0 Å². The van der Waals surface area contributed by atoms with E-state index in [0.29, 0.717) is 6.42 Å². The molecule has 0 N–H and O–H groups in total. The molecule has 1 aliphatic rings. The Kier molecular flexibility index (Phi) is 4.85. The molecule has 0 spiro atoms. The van der Waals surface area contributed by atoms with Gasteiger partial charge in [0.15, 0.2) is 5.60 Å². The van der Waals surface area contributed by atoms with Crippen molar-refractivity contribution in [1.82, 2.24) is 0 Å². The minimum Gasteiger partial charge on any atom is -0.352 e. The van der Waals surface area contributed by atoms with Crippen molar-refractivity contribution in [3.05, 3.63) is 60.7 Å². The van der Waals surface area contributed by atoms with Crippen molar-refractivity contribution in [3.8, 4) is 23.8 Å². The van der Waals surface area contributed by atoms with E-state index in [2.05, 4.69) is 106 Å². The Morgan fingerprint density at radius 1 is 1.00 bits per heavy atom. The lowest BCUT2D eigenvalue weighted by molar-refractivity contribution is 0.350. The minimum atomic E-state index is -2.36. The molecule has 2 atom stereocenters. The van der Waals surface area contributed by atoms with Crippen LogP contribution in [0.25, 0.3) is 0 Å². The van der Waals surface area contributed by atoms with Gasteiger partial charge in [0.1, 0.15) is 6.10 Å². The number of benzene rings is 2. The molecule has 1 heterocycles. The molecule has 2 unspecified atom stereocenters. The van der Waals surface area contributed by atoms with E-state index in [1.54, 1.807) is 0 Å². The highest BCUT2D eigenvalue weighted by Gasteiger charge is 2.52. The second kappa shape index (κ2) is 6.80. The van der Waals surface area contributed by atoms with Crippen molar-refractivity contribution in [3.63, 3.8) is 0 Å². The standard InChI is InChI=1S/C24H26OSi/c1-6-13-22-24(5,25-22)18-19-26(23(2,3)4,20-14-9-7-10-15-20)21-16-11-8-12-17-21/h1,7-12,14-17,22H,13H2,2-5H3. The Labute approximate surface area is 158 Å². The highest BCUT2D eigenvalue weighted by molar-refractivity contribution is 7.10. The summed E-state index contributed by atoms with van der Waals surface area (Å²) in [6, 6.07) is 21.5. The molecule has 2 aromatic rings. The first-order valence-electron chi connectivity index (χ1n) is 9.10. The molecule has 1 fully saturated rings. The predicted octanol–water partition coefficient (Wildman–Crippen LogP) is 3.77. The van der Waals surface area contributed by atoms with Gasteiger partial charge in [-0.3, -0.25) is 0 Å². The van der Waals surface area contributed by atoms with Crippen LogP contribution in [0, 0.1) is 23.8 Å². The van der Waals surface area contributed by atoms with Gasteiger partial charge < -0.3 is 4.74 Å². The number of epoxide rings is 1. The largest absolute Gasteiger partial charge is 0.352 e. The van der Waals surface area contributed by atoms with Gasteiger partial charge in [-0.1, -0.05) is 87.4 Å². The first kappa shape index (κ1) is 18.5. The Bertz CT molecular complexity index is 822. The molecule has 26 heavy (non-hydrogen) atoms. The zero-order valence-electron chi connectivity index (χ0n) is 16.0. The molecule has 0 radical (unpaired) electrons. The van der Waals surface area contributed by atoms with Crippen LogP contribution in [0.3, 0.4) is 0 Å². The number of ether oxygens (including phenoxy) is 1. The van der Waals surface area contributed by atoms with Gasteiger partial charge in [0.25, 0.3) is 0 Å². The molecule has 1 nitrogen and oxygen atoms in total. The Balaban J connectivity index is 2.19. The van der Waals surface area contributed by atoms with Crippen molar-refractivity contribution in [2.24, 2.45) is 0 Å². The third-order valence-corrected chi connectivity index (χ3v) is 10.4. The van der Waals surface area contributed by atoms with Crippen molar-refractivity contribution >= 4 is 18.4 Å². The van der Waals surface area contributed by atoms with Crippen LogP contribution in [0.15, 0.2) is 60.7 Å². The molecule has 0 saturated carbocycles. The van der Waals surface area contributed by atoms with Gasteiger partial charge in [0, 0.05) is 6.42 Å². The third kappa shape index (κ3) is 3.24. The van der Waals surface area contributed by atoms with Gasteiger partial charge in [-0.05, 0) is 22.3 Å². The van der Waals surface area contributed by atoms with E-state index < -0.39 is 13.7 Å². The summed E-state index contributed by atoms with van der Waals surface area (Å²) in [6.07, 6.45) is 6.13. The molecule has 0 amide bonds. The zero-order valence-corrected chi connectivity index (χ0v) is 17.0. The molecule has 0 aromatic heterocycles. The van der Waals surface area contributed by atoms with Gasteiger partial charge in [-0.15, -0.1) is 17.9 Å². The summed E-state index contributed by atoms with van der Waals surface area (Å²) in [7, 11) is -2.36. The number of hydrogen-bond donors (Lipinski definition) is 0. The summed E-state index contributed by atoms with van der Waals surface area (Å²) < 4.78 is 5.83. The maximum atomic E-state index is 5.83. The minimum absolute atomic E-state index is 0.0234. The fraction of sp³-hybridized carbons (Fsp3) is 0.333. The highest BCUT2D eigenvalue weighted by Crippen LogP contribution is 2.39. The Morgan fingerprint density at radius 3 is 1.92 bits per heavy atom. The van der Waals surface area contributed by atoms with Crippen LogP contribution in [-0.2, 0) is 4.74 Å². The van der Waals surface area contributed by atoms with Crippen LogP contribution < -0.4 is 10.4 Å². The van der Waals surface area contributed by atoms with E-state index in [1.807, 2.05) is 0 Å². The smallest absolute Gasteiger partial charge is 0.204 e. The molecule has 3 rings (SSSR count). The molecular formula is C24H26OSi. The maximum Gasteiger partial charge on any atom is 0.204 e. The number of terminal acetylenes is 1. The average Bonchev–Trinajstić information content (AvgIpc) is 3.26. The van der Waals surface area contributed by atoms with Crippen LogP contribution in [0.5, 0.6) is 0 Å². The predicted molar refractivity (Wildman–Crippen MR) is 112 cm³/mol. The van der Waals surface area contributed by atoms with E-state index in [4.69, 9.17) is 11.2 Å². The van der Waals surface area contributed by atoms with Crippen molar-refractivity contribution < 1.29 is 4.74 Å². The lowest BCUT2D eigenvalue weighted by Gasteiger charge is -2.39. The van der Waals surface area contributed by atoms with Gasteiger partial charge in [0.05, 0.1) is 0 Å². The normalized spacial score (nSPS) is 22.0. The van der Waals surface area contributed by atoms with Crippen molar-refractivity contribution in [2.45, 2.75) is 50.9 Å². The van der Waals surface area contributed by atoms with Crippen molar-refractivity contribution in [1.29, 1.82) is 0 Å². The molecule has 2 aromatic carbocycles. The third-order valence-electron chi connectivity index (χ3n) is 5.28. The highest BCUT2D eigenvalue weighted by atomic mass is 28.3. The molecule has 0 bridgehead atoms. The van der Waals surface area contributed by atoms with E-state index in [9.17, 15) is 0 Å². The summed E-state index contributed by atoms with van der Waals surface area (Å²) in [6.45, 7) is 8.98. The summed E-state index contributed by atoms with van der Waals surface area (Å²) in [5.74, 6) is 6.20. The topological polar surface area (TPSA) is 12.5 Å². The average molecular weight is 359 g/mol. The summed E-state index contributed by atoms with van der Waals surface area (Å²) in [5.41, 5.74) is 3.37. The van der Waals surface area contributed by atoms with Gasteiger partial charge in [0.2, 0.25) is 8.07 Å². The van der Waals surface area contributed by atoms with Gasteiger partial charge in [-0.2, -0.15) is 0 Å². The van der Waals surface area contributed by atoms with E-state index >= 15 is 0 Å². The molecule has 132 valence electrons. The second-order valence-corrected chi connectivity index (χ2v) is 12.5. The lowest BCUT2D eigenvalue weighted by Crippen LogP contribution is -2.63. The molecule has 1 saturated heterocycles. The van der Waals surface area contributed by atoms with E-state index in [-0.39, 0.29) is 11.1 Å². The summed E-state index contributed by atoms with van der Waals surface area (Å²) in [4.78, 5) is 0. The lowest BCUT2D eigenvalue weighted by atomic mass is 10.1. The fourth-order valence-electron chi connectivity index (χ4n) is 3.67. The molecule has 1 aliphatic heterocycles. The van der Waals surface area contributed by atoms with E-state index in [0.717, 1.165) is 0 Å². The van der Waals surface area contributed by atoms with Gasteiger partial charge >= 0.3 is 0 Å². The van der Waals surface area contributed by atoms with E-state index in [1.165, 1.54) is 10.4 Å². The Hall–Kier alpha value is -2.26. The first-order valence-corrected chi connectivity index (χ1v) is 11.1. The maximum absolute atomic E-state index is 5.83. The van der Waals surface area contributed by atoms with Crippen LogP contribution in [0.4, 0.5) is 0 Å². The van der Waals surface area contributed by atoms with Crippen LogP contribution in [0.2, 0.25) is 5.04 Å². The van der Waals surface area contributed by atoms with Crippen LogP contribution in [0.1, 0.15) is 34.1 Å². The summed E-state index contributed by atoms with van der Waals surface area (Å²) in [5, 5.41) is 2.70. The summed E-state index contributed by atoms with van der Waals surface area (Å²) >= 11 is 0. The number of rotatable bonds is 3. The quantitative estimate of drug-likeness (QED) is 0.462. The first-order chi connectivity index (χ1) is 12.3. The fourth-order valence-corrected chi connectivity index (χ4v) is 8.22. The molecule has 2 heteroatoms. The Morgan fingerprint density at radius 2 is 1.50 bits per heavy atom. The number of hydrogen-bond acceptors (Lipinski definition) is 1. The van der Waals surface area contributed by atoms with Crippen LogP contribution in [-0.4, -0.2) is 19.8 Å². The van der Waals surface area contributed by atoms with Crippen molar-refractivity contribution in [2.75, 3.05) is 0 Å².